The van der Waals surface area contributed by atoms with Crippen LogP contribution in [-0.4, -0.2) is 65.9 Å². The number of methoxy groups -OCH3 is 1. The molecule has 0 saturated heterocycles. The van der Waals surface area contributed by atoms with Gasteiger partial charge >= 0.3 is 0 Å². The highest BCUT2D eigenvalue weighted by atomic mass is 16.5. The molecule has 1 aromatic heterocycles. The van der Waals surface area contributed by atoms with E-state index < -0.39 is 6.10 Å². The van der Waals surface area contributed by atoms with Crippen molar-refractivity contribution in [3.05, 3.63) is 78.4 Å². The van der Waals surface area contributed by atoms with Gasteiger partial charge in [0, 0.05) is 39.4 Å². The molecule has 1 N–H and O–H groups in total. The van der Waals surface area contributed by atoms with Crippen LogP contribution in [0.25, 0.3) is 11.3 Å². The zero-order valence-corrected chi connectivity index (χ0v) is 20.3. The van der Waals surface area contributed by atoms with Crippen LogP contribution in [0.1, 0.15) is 11.1 Å². The van der Waals surface area contributed by atoms with Gasteiger partial charge in [0.1, 0.15) is 11.4 Å². The first-order valence-electron chi connectivity index (χ1n) is 11.5. The van der Waals surface area contributed by atoms with Crippen molar-refractivity contribution in [2.24, 2.45) is 7.05 Å². The third kappa shape index (κ3) is 7.27. The summed E-state index contributed by atoms with van der Waals surface area (Å²) in [6.45, 7) is 8.47. The summed E-state index contributed by atoms with van der Waals surface area (Å²) in [6, 6.07) is 18.0. The number of aliphatic hydroxyl groups is 1. The summed E-state index contributed by atoms with van der Waals surface area (Å²) in [4.78, 5) is 2.14. The molecule has 2 aromatic carbocycles. The van der Waals surface area contributed by atoms with Gasteiger partial charge in [0.15, 0.2) is 0 Å². The molecule has 3 aromatic rings. The Balaban J connectivity index is 1.92. The van der Waals surface area contributed by atoms with E-state index in [0.29, 0.717) is 38.7 Å². The summed E-state index contributed by atoms with van der Waals surface area (Å²) < 4.78 is 18.9. The fourth-order valence-electron chi connectivity index (χ4n) is 3.69. The Bertz CT molecular complexity index is 1020. The lowest BCUT2D eigenvalue weighted by atomic mass is 10.1. The summed E-state index contributed by atoms with van der Waals surface area (Å²) in [5.74, 6) is 1.42. The highest BCUT2D eigenvalue weighted by Crippen LogP contribution is 2.34. The first-order valence-corrected chi connectivity index (χ1v) is 11.5. The number of hydrogen-bond donors (Lipinski definition) is 1. The van der Waals surface area contributed by atoms with E-state index in [9.17, 15) is 5.11 Å². The molecule has 0 aliphatic carbocycles. The van der Waals surface area contributed by atoms with E-state index >= 15 is 0 Å². The summed E-state index contributed by atoms with van der Waals surface area (Å²) in [7, 11) is 3.56. The number of benzene rings is 2. The minimum Gasteiger partial charge on any atom is -0.439 e. The van der Waals surface area contributed by atoms with Crippen LogP contribution < -0.4 is 4.74 Å². The molecule has 1 atom stereocenters. The predicted molar refractivity (Wildman–Crippen MR) is 134 cm³/mol. The van der Waals surface area contributed by atoms with Crippen molar-refractivity contribution in [3.63, 3.8) is 0 Å². The van der Waals surface area contributed by atoms with E-state index in [1.807, 2.05) is 68.6 Å². The minimum atomic E-state index is -0.643. The van der Waals surface area contributed by atoms with Crippen molar-refractivity contribution in [2.45, 2.75) is 19.6 Å². The molecular weight excluding hydrogens is 430 g/mol. The Labute approximate surface area is 202 Å². The maximum atomic E-state index is 10.6. The number of ether oxygens (including phenoxy) is 3. The highest BCUT2D eigenvalue weighted by molar-refractivity contribution is 5.65. The van der Waals surface area contributed by atoms with E-state index in [1.54, 1.807) is 17.9 Å². The van der Waals surface area contributed by atoms with Gasteiger partial charge in [-0.3, -0.25) is 4.90 Å². The van der Waals surface area contributed by atoms with Gasteiger partial charge in [-0.05, 0) is 19.1 Å². The van der Waals surface area contributed by atoms with E-state index in [-0.39, 0.29) is 6.61 Å². The molecule has 0 bridgehead atoms. The Morgan fingerprint density at radius 2 is 1.88 bits per heavy atom. The SMILES string of the molecule is C=CCOC[C@H](O)CN(CCOC)Cc1c(-c2ccccc2)nn(C)c1Oc1ccc(C)cc1. The molecule has 0 radical (unpaired) electrons. The van der Waals surface area contributed by atoms with Crippen LogP contribution in [-0.2, 0) is 23.1 Å². The van der Waals surface area contributed by atoms with Gasteiger partial charge in [-0.15, -0.1) is 6.58 Å². The zero-order valence-electron chi connectivity index (χ0n) is 20.3. The van der Waals surface area contributed by atoms with Gasteiger partial charge in [0.25, 0.3) is 0 Å². The van der Waals surface area contributed by atoms with Crippen LogP contribution >= 0.6 is 0 Å². The largest absolute Gasteiger partial charge is 0.439 e. The summed E-state index contributed by atoms with van der Waals surface area (Å²) in [5.41, 5.74) is 3.98. The van der Waals surface area contributed by atoms with Crippen molar-refractivity contribution in [2.75, 3.05) is 40.0 Å². The lowest BCUT2D eigenvalue weighted by Crippen LogP contribution is -2.36. The van der Waals surface area contributed by atoms with Crippen molar-refractivity contribution in [3.8, 4) is 22.9 Å². The molecule has 182 valence electrons. The third-order valence-electron chi connectivity index (χ3n) is 5.38. The zero-order chi connectivity index (χ0) is 24.3. The molecule has 7 heteroatoms. The molecular formula is C27H35N3O4. The highest BCUT2D eigenvalue weighted by Gasteiger charge is 2.23. The van der Waals surface area contributed by atoms with Crippen LogP contribution in [0.15, 0.2) is 67.3 Å². The second kappa shape index (κ2) is 13.1. The maximum Gasteiger partial charge on any atom is 0.222 e. The molecule has 0 aliphatic heterocycles. The van der Waals surface area contributed by atoms with E-state index in [1.165, 1.54) is 5.56 Å². The first kappa shape index (κ1) is 25.6. The van der Waals surface area contributed by atoms with Gasteiger partial charge in [0.05, 0.1) is 31.5 Å². The molecule has 0 fully saturated rings. The van der Waals surface area contributed by atoms with Crippen molar-refractivity contribution >= 4 is 0 Å². The van der Waals surface area contributed by atoms with E-state index in [2.05, 4.69) is 11.5 Å². The number of nitrogens with zero attached hydrogens (tertiary/aromatic N) is 3. The van der Waals surface area contributed by atoms with Crippen LogP contribution in [0.2, 0.25) is 0 Å². The number of rotatable bonds is 14. The summed E-state index contributed by atoms with van der Waals surface area (Å²) >= 11 is 0. The first-order chi connectivity index (χ1) is 16.5. The number of aromatic nitrogens is 2. The average molecular weight is 466 g/mol. The monoisotopic (exact) mass is 465 g/mol. The molecule has 0 spiro atoms. The van der Waals surface area contributed by atoms with E-state index in [4.69, 9.17) is 19.3 Å². The molecule has 1 heterocycles. The Hall–Kier alpha value is -2.97. The average Bonchev–Trinajstić information content (AvgIpc) is 3.14. The Morgan fingerprint density at radius 1 is 1.15 bits per heavy atom. The fourth-order valence-corrected chi connectivity index (χ4v) is 3.69. The standard InChI is InChI=1S/C27H35N3O4/c1-5-16-33-20-23(31)18-30(15-17-32-4)19-25-26(22-9-7-6-8-10-22)28-29(3)27(25)34-24-13-11-21(2)12-14-24/h5-14,23,31H,1,15-20H2,2-4H3/t23-/m1/s1. The van der Waals surface area contributed by atoms with E-state index in [0.717, 1.165) is 22.6 Å². The lowest BCUT2D eigenvalue weighted by molar-refractivity contribution is 0.0193. The van der Waals surface area contributed by atoms with Gasteiger partial charge in [-0.25, -0.2) is 4.68 Å². The second-order valence-electron chi connectivity index (χ2n) is 8.24. The number of aliphatic hydroxyl groups excluding tert-OH is 1. The van der Waals surface area contributed by atoms with Crippen LogP contribution in [0, 0.1) is 6.92 Å². The Kier molecular flexibility index (Phi) is 9.85. The molecule has 7 nitrogen and oxygen atoms in total. The van der Waals surface area contributed by atoms with Gasteiger partial charge in [0.2, 0.25) is 5.88 Å². The molecule has 0 aliphatic rings. The normalized spacial score (nSPS) is 12.1. The third-order valence-corrected chi connectivity index (χ3v) is 5.38. The molecule has 3 rings (SSSR count). The smallest absolute Gasteiger partial charge is 0.222 e. The molecule has 0 amide bonds. The van der Waals surface area contributed by atoms with Crippen LogP contribution in [0.5, 0.6) is 11.6 Å². The minimum absolute atomic E-state index is 0.237. The Morgan fingerprint density at radius 3 is 2.56 bits per heavy atom. The summed E-state index contributed by atoms with van der Waals surface area (Å²) in [5, 5.41) is 15.4. The lowest BCUT2D eigenvalue weighted by Gasteiger charge is -2.25. The molecule has 0 unspecified atom stereocenters. The molecule has 34 heavy (non-hydrogen) atoms. The topological polar surface area (TPSA) is 69.0 Å². The van der Waals surface area contributed by atoms with Gasteiger partial charge in [-0.2, -0.15) is 5.10 Å². The van der Waals surface area contributed by atoms with Crippen molar-refractivity contribution in [1.29, 1.82) is 0 Å². The van der Waals surface area contributed by atoms with Gasteiger partial charge < -0.3 is 19.3 Å². The number of hydrogen-bond acceptors (Lipinski definition) is 6. The molecule has 0 saturated carbocycles. The van der Waals surface area contributed by atoms with Gasteiger partial charge in [-0.1, -0.05) is 54.1 Å². The van der Waals surface area contributed by atoms with Crippen LogP contribution in [0.4, 0.5) is 0 Å². The quantitative estimate of drug-likeness (QED) is 0.284. The van der Waals surface area contributed by atoms with Crippen molar-refractivity contribution in [1.82, 2.24) is 14.7 Å². The number of aryl methyl sites for hydroxylation is 2. The van der Waals surface area contributed by atoms with Crippen LogP contribution in [0.3, 0.4) is 0 Å². The predicted octanol–water partition coefficient (Wildman–Crippen LogP) is 4.20. The second-order valence-corrected chi connectivity index (χ2v) is 8.24. The van der Waals surface area contributed by atoms with Crippen molar-refractivity contribution < 1.29 is 19.3 Å². The fraction of sp³-hybridized carbons (Fsp3) is 0.370. The summed E-state index contributed by atoms with van der Waals surface area (Å²) in [6.07, 6.45) is 1.03. The maximum absolute atomic E-state index is 10.6.